The van der Waals surface area contributed by atoms with Gasteiger partial charge in [-0.05, 0) is 43.2 Å². The van der Waals surface area contributed by atoms with E-state index in [4.69, 9.17) is 11.6 Å². The normalized spacial score (nSPS) is 10.2. The molecule has 0 heterocycles. The summed E-state index contributed by atoms with van der Waals surface area (Å²) in [6.07, 6.45) is 0.717. The summed E-state index contributed by atoms with van der Waals surface area (Å²) < 4.78 is 0. The molecule has 0 aliphatic heterocycles. The van der Waals surface area contributed by atoms with E-state index >= 15 is 0 Å². The highest BCUT2D eigenvalue weighted by atomic mass is 35.5. The average molecular weight is 331 g/mol. The molecular formula is C18H19ClN2O2. The van der Waals surface area contributed by atoms with Gasteiger partial charge in [-0.3, -0.25) is 9.59 Å². The predicted molar refractivity (Wildman–Crippen MR) is 91.7 cm³/mol. The van der Waals surface area contributed by atoms with E-state index < -0.39 is 0 Å². The quantitative estimate of drug-likeness (QED) is 0.855. The van der Waals surface area contributed by atoms with Crippen LogP contribution in [0.25, 0.3) is 0 Å². The van der Waals surface area contributed by atoms with Crippen molar-refractivity contribution in [3.05, 3.63) is 70.2 Å². The van der Waals surface area contributed by atoms with E-state index in [1.54, 1.807) is 12.1 Å². The molecule has 2 aromatic rings. The van der Waals surface area contributed by atoms with Crippen molar-refractivity contribution in [2.75, 3.05) is 13.1 Å². The van der Waals surface area contributed by atoms with Crippen LogP contribution in [-0.4, -0.2) is 24.9 Å². The molecule has 0 fully saturated rings. The van der Waals surface area contributed by atoms with Gasteiger partial charge in [0.2, 0.25) is 5.91 Å². The van der Waals surface area contributed by atoms with Crippen LogP contribution in [0.5, 0.6) is 0 Å². The molecule has 4 nitrogen and oxygen atoms in total. The van der Waals surface area contributed by atoms with Crippen LogP contribution in [0.1, 0.15) is 21.5 Å². The fourth-order valence-corrected chi connectivity index (χ4v) is 2.15. The lowest BCUT2D eigenvalue weighted by Gasteiger charge is -2.07. The minimum absolute atomic E-state index is 0.0344. The van der Waals surface area contributed by atoms with Crippen molar-refractivity contribution < 1.29 is 9.59 Å². The Hall–Kier alpha value is -2.33. The van der Waals surface area contributed by atoms with Crippen molar-refractivity contribution in [1.82, 2.24) is 10.6 Å². The van der Waals surface area contributed by atoms with Gasteiger partial charge in [-0.25, -0.2) is 0 Å². The van der Waals surface area contributed by atoms with Crippen molar-refractivity contribution in [3.8, 4) is 0 Å². The Morgan fingerprint density at radius 1 is 0.957 bits per heavy atom. The first kappa shape index (κ1) is 17.0. The van der Waals surface area contributed by atoms with Crippen molar-refractivity contribution in [2.45, 2.75) is 13.3 Å². The molecule has 0 aromatic heterocycles. The fourth-order valence-electron chi connectivity index (χ4n) is 2.03. The summed E-state index contributed by atoms with van der Waals surface area (Å²) in [6.45, 7) is 2.43. The van der Waals surface area contributed by atoms with Crippen molar-refractivity contribution >= 4 is 23.4 Å². The number of carbonyl (C=O) groups excluding carboxylic acids is 2. The summed E-state index contributed by atoms with van der Waals surface area (Å²) >= 11 is 5.82. The number of carbonyl (C=O) groups is 2. The molecule has 0 saturated heterocycles. The third-order valence-electron chi connectivity index (χ3n) is 3.37. The van der Waals surface area contributed by atoms with E-state index in [1.165, 1.54) is 0 Å². The maximum Gasteiger partial charge on any atom is 0.251 e. The second-order valence-electron chi connectivity index (χ2n) is 5.28. The molecule has 5 heteroatoms. The zero-order chi connectivity index (χ0) is 16.7. The third kappa shape index (κ3) is 5.75. The Labute approximate surface area is 140 Å². The van der Waals surface area contributed by atoms with E-state index in [1.807, 2.05) is 43.3 Å². The summed E-state index contributed by atoms with van der Waals surface area (Å²) in [5, 5.41) is 6.07. The summed E-state index contributed by atoms with van der Waals surface area (Å²) in [5.74, 6) is -0.461. The molecule has 0 aliphatic carbocycles. The molecule has 0 radical (unpaired) electrons. The zero-order valence-corrected chi connectivity index (χ0v) is 13.7. The van der Waals surface area contributed by atoms with Crippen molar-refractivity contribution in [1.29, 1.82) is 0 Å². The molecule has 0 atom stereocenters. The molecule has 0 unspecified atom stereocenters. The molecule has 2 N–H and O–H groups in total. The minimum atomic E-state index is -0.252. The Morgan fingerprint density at radius 2 is 1.61 bits per heavy atom. The number of halogens is 1. The van der Waals surface area contributed by atoms with Crippen LogP contribution in [0.3, 0.4) is 0 Å². The first-order valence-electron chi connectivity index (χ1n) is 7.40. The molecule has 0 aliphatic rings. The van der Waals surface area contributed by atoms with Gasteiger partial charge in [0.25, 0.3) is 5.91 Å². The van der Waals surface area contributed by atoms with Gasteiger partial charge in [-0.2, -0.15) is 0 Å². The molecule has 0 bridgehead atoms. The number of nitrogens with one attached hydrogen (secondary N) is 2. The highest BCUT2D eigenvalue weighted by Gasteiger charge is 2.07. The summed E-state index contributed by atoms with van der Waals surface area (Å²) in [7, 11) is 0. The number of amides is 2. The van der Waals surface area contributed by atoms with E-state index in [0.717, 1.165) is 17.5 Å². The minimum Gasteiger partial charge on any atom is -0.354 e. The fraction of sp³-hybridized carbons (Fsp3) is 0.222. The first-order chi connectivity index (χ1) is 11.0. The highest BCUT2D eigenvalue weighted by Crippen LogP contribution is 2.09. The van der Waals surface area contributed by atoms with Gasteiger partial charge in [0.15, 0.2) is 0 Å². The number of rotatable bonds is 6. The van der Waals surface area contributed by atoms with Crippen molar-refractivity contribution in [2.24, 2.45) is 0 Å². The lowest BCUT2D eigenvalue weighted by Crippen LogP contribution is -2.37. The van der Waals surface area contributed by atoms with E-state index in [-0.39, 0.29) is 18.4 Å². The standard InChI is InChI=1S/C18H19ClN2O2/c1-13-2-6-15(7-3-13)18(23)21-12-17(22)20-11-10-14-4-8-16(19)9-5-14/h2-9H,10-12H2,1H3,(H,20,22)(H,21,23). The number of hydrogen-bond donors (Lipinski definition) is 2. The lowest BCUT2D eigenvalue weighted by atomic mass is 10.1. The van der Waals surface area contributed by atoms with Crippen LogP contribution in [0.4, 0.5) is 0 Å². The van der Waals surface area contributed by atoms with Crippen LogP contribution in [-0.2, 0) is 11.2 Å². The second kappa shape index (κ2) is 8.34. The van der Waals surface area contributed by atoms with Crippen LogP contribution in [0.2, 0.25) is 5.02 Å². The topological polar surface area (TPSA) is 58.2 Å². The smallest absolute Gasteiger partial charge is 0.251 e. The Bertz CT molecular complexity index is 666. The molecule has 23 heavy (non-hydrogen) atoms. The van der Waals surface area contributed by atoms with E-state index in [9.17, 15) is 9.59 Å². The second-order valence-corrected chi connectivity index (χ2v) is 5.71. The van der Waals surface area contributed by atoms with Crippen LogP contribution < -0.4 is 10.6 Å². The summed E-state index contributed by atoms with van der Waals surface area (Å²) in [6, 6.07) is 14.7. The molecule has 0 spiro atoms. The largest absolute Gasteiger partial charge is 0.354 e. The van der Waals surface area contributed by atoms with Crippen molar-refractivity contribution in [3.63, 3.8) is 0 Å². The Kier molecular flexibility index (Phi) is 6.18. The Balaban J connectivity index is 1.69. The van der Waals surface area contributed by atoms with Gasteiger partial charge in [-0.1, -0.05) is 41.4 Å². The van der Waals surface area contributed by atoms with Crippen LogP contribution in [0.15, 0.2) is 48.5 Å². The molecule has 2 amide bonds. The maximum atomic E-state index is 11.9. The first-order valence-corrected chi connectivity index (χ1v) is 7.78. The summed E-state index contributed by atoms with van der Waals surface area (Å²) in [5.41, 5.74) is 2.73. The third-order valence-corrected chi connectivity index (χ3v) is 3.62. The molecule has 120 valence electrons. The molecule has 2 aromatic carbocycles. The van der Waals surface area contributed by atoms with Gasteiger partial charge in [0.1, 0.15) is 0 Å². The van der Waals surface area contributed by atoms with Crippen LogP contribution in [0, 0.1) is 6.92 Å². The average Bonchev–Trinajstić information content (AvgIpc) is 2.55. The van der Waals surface area contributed by atoms with Gasteiger partial charge < -0.3 is 10.6 Å². The van der Waals surface area contributed by atoms with E-state index in [2.05, 4.69) is 10.6 Å². The SMILES string of the molecule is Cc1ccc(C(=O)NCC(=O)NCCc2ccc(Cl)cc2)cc1. The number of benzene rings is 2. The van der Waals surface area contributed by atoms with Gasteiger partial charge in [0.05, 0.1) is 6.54 Å². The lowest BCUT2D eigenvalue weighted by molar-refractivity contribution is -0.120. The monoisotopic (exact) mass is 330 g/mol. The molecular weight excluding hydrogens is 312 g/mol. The number of aryl methyl sites for hydroxylation is 1. The van der Waals surface area contributed by atoms with Gasteiger partial charge in [-0.15, -0.1) is 0 Å². The van der Waals surface area contributed by atoms with Gasteiger partial charge in [0, 0.05) is 17.1 Å². The Morgan fingerprint density at radius 3 is 2.26 bits per heavy atom. The van der Waals surface area contributed by atoms with Gasteiger partial charge >= 0.3 is 0 Å². The highest BCUT2D eigenvalue weighted by molar-refractivity contribution is 6.30. The predicted octanol–water partition coefficient (Wildman–Crippen LogP) is 2.74. The maximum absolute atomic E-state index is 11.9. The zero-order valence-electron chi connectivity index (χ0n) is 12.9. The van der Waals surface area contributed by atoms with E-state index in [0.29, 0.717) is 17.1 Å². The summed E-state index contributed by atoms with van der Waals surface area (Å²) in [4.78, 5) is 23.6. The number of hydrogen-bond acceptors (Lipinski definition) is 2. The molecule has 2 rings (SSSR count). The van der Waals surface area contributed by atoms with Crippen LogP contribution >= 0.6 is 11.6 Å². The molecule has 0 saturated carbocycles.